The van der Waals surface area contributed by atoms with Crippen molar-refractivity contribution < 1.29 is 4.79 Å². The molecule has 0 heterocycles. The van der Waals surface area contributed by atoms with Gasteiger partial charge in [0.1, 0.15) is 0 Å². The molecule has 0 aliphatic rings. The summed E-state index contributed by atoms with van der Waals surface area (Å²) in [5.41, 5.74) is 0.348. The molecule has 0 aromatic heterocycles. The second kappa shape index (κ2) is 4.31. The Labute approximate surface area is 90.0 Å². The molecule has 0 saturated heterocycles. The first-order valence-electron chi connectivity index (χ1n) is 4.82. The minimum Gasteiger partial charge on any atom is -0.307 e. The van der Waals surface area contributed by atoms with Gasteiger partial charge in [-0.15, -0.1) is 0 Å². The average molecular weight is 207 g/mol. The van der Waals surface area contributed by atoms with Crippen LogP contribution in [0.1, 0.15) is 20.8 Å². The number of hydrogen-bond acceptors (Lipinski definition) is 2. The molecule has 0 bridgehead atoms. The monoisotopic (exact) mass is 207 g/mol. The zero-order valence-corrected chi connectivity index (χ0v) is 9.32. The largest absolute Gasteiger partial charge is 0.336 e. The normalized spacial score (nSPS) is 10.9. The summed E-state index contributed by atoms with van der Waals surface area (Å²) in [4.78, 5) is 11.6. The Morgan fingerprint density at radius 3 is 2.27 bits per heavy atom. The molecule has 1 aromatic rings. The van der Waals surface area contributed by atoms with Crippen LogP contribution >= 0.6 is 0 Å². The van der Waals surface area contributed by atoms with Gasteiger partial charge in [-0.3, -0.25) is 5.01 Å². The molecular formula is C11H17N3O. The zero-order chi connectivity index (χ0) is 11.5. The lowest BCUT2D eigenvalue weighted by molar-refractivity contribution is 0.158. The molecule has 4 heteroatoms. The molecule has 0 unspecified atom stereocenters. The van der Waals surface area contributed by atoms with Crippen molar-refractivity contribution in [3.05, 3.63) is 30.3 Å². The Hall–Kier alpha value is -1.55. The molecule has 0 fully saturated rings. The fraction of sp³-hybridized carbons (Fsp3) is 0.364. The first-order chi connectivity index (χ1) is 6.91. The van der Waals surface area contributed by atoms with Crippen molar-refractivity contribution in [2.24, 2.45) is 5.84 Å². The van der Waals surface area contributed by atoms with Gasteiger partial charge in [0.2, 0.25) is 0 Å². The lowest BCUT2D eigenvalue weighted by Gasteiger charge is -2.30. The number of nitrogens with one attached hydrogen (secondary N) is 1. The van der Waals surface area contributed by atoms with Gasteiger partial charge in [0.05, 0.1) is 5.54 Å². The summed E-state index contributed by atoms with van der Waals surface area (Å²) in [6.07, 6.45) is 0. The Balaban J connectivity index is 2.65. The van der Waals surface area contributed by atoms with E-state index in [9.17, 15) is 4.79 Å². The summed E-state index contributed by atoms with van der Waals surface area (Å²) in [5.74, 6) is 5.66. The van der Waals surface area contributed by atoms with Crippen molar-refractivity contribution in [1.82, 2.24) is 5.01 Å². The molecule has 15 heavy (non-hydrogen) atoms. The standard InChI is InChI=1S/C11H17N3O/c1-11(2,3)14(12)10(15)13-9-7-5-4-6-8-9/h4-8H,12H2,1-3H3,(H,13,15). The van der Waals surface area contributed by atoms with Crippen LogP contribution in [-0.2, 0) is 0 Å². The fourth-order valence-electron chi connectivity index (χ4n) is 1.01. The van der Waals surface area contributed by atoms with E-state index in [0.717, 1.165) is 5.69 Å². The van der Waals surface area contributed by atoms with Crippen LogP contribution in [0.4, 0.5) is 10.5 Å². The number of nitrogens with two attached hydrogens (primary N) is 1. The third kappa shape index (κ3) is 3.25. The lowest BCUT2D eigenvalue weighted by Crippen LogP contribution is -2.52. The first-order valence-corrected chi connectivity index (χ1v) is 4.82. The number of rotatable bonds is 1. The van der Waals surface area contributed by atoms with E-state index in [1.54, 1.807) is 0 Å². The van der Waals surface area contributed by atoms with Crippen LogP contribution in [-0.4, -0.2) is 16.6 Å². The third-order valence-corrected chi connectivity index (χ3v) is 1.97. The number of nitrogens with zero attached hydrogens (tertiary/aromatic N) is 1. The van der Waals surface area contributed by atoms with Crippen LogP contribution in [0.25, 0.3) is 0 Å². The van der Waals surface area contributed by atoms with Gasteiger partial charge in [0, 0.05) is 5.69 Å². The van der Waals surface area contributed by atoms with Crippen molar-refractivity contribution in [2.75, 3.05) is 5.32 Å². The predicted molar refractivity (Wildman–Crippen MR) is 61.2 cm³/mol. The van der Waals surface area contributed by atoms with Gasteiger partial charge in [-0.05, 0) is 32.9 Å². The molecule has 2 amide bonds. The van der Waals surface area contributed by atoms with Crippen molar-refractivity contribution in [2.45, 2.75) is 26.3 Å². The number of urea groups is 1. The van der Waals surface area contributed by atoms with E-state index < -0.39 is 5.54 Å². The molecule has 4 nitrogen and oxygen atoms in total. The predicted octanol–water partition coefficient (Wildman–Crippen LogP) is 2.19. The van der Waals surface area contributed by atoms with Crippen LogP contribution in [0.3, 0.4) is 0 Å². The highest BCUT2D eigenvalue weighted by Gasteiger charge is 2.23. The lowest BCUT2D eigenvalue weighted by atomic mass is 10.1. The van der Waals surface area contributed by atoms with Crippen molar-refractivity contribution >= 4 is 11.7 Å². The number of anilines is 1. The Morgan fingerprint density at radius 1 is 1.27 bits per heavy atom. The van der Waals surface area contributed by atoms with E-state index in [2.05, 4.69) is 5.32 Å². The number of amides is 2. The molecule has 0 radical (unpaired) electrons. The SMILES string of the molecule is CC(C)(C)N(N)C(=O)Nc1ccccc1. The first kappa shape index (κ1) is 11.5. The van der Waals surface area contributed by atoms with Gasteiger partial charge in [-0.1, -0.05) is 18.2 Å². The molecule has 0 aliphatic heterocycles. The molecule has 3 N–H and O–H groups in total. The molecule has 0 atom stereocenters. The maximum atomic E-state index is 11.6. The second-order valence-electron chi connectivity index (χ2n) is 4.34. The highest BCUT2D eigenvalue weighted by molar-refractivity contribution is 5.89. The van der Waals surface area contributed by atoms with Gasteiger partial charge in [0.15, 0.2) is 0 Å². The van der Waals surface area contributed by atoms with E-state index in [1.807, 2.05) is 51.1 Å². The molecule has 0 spiro atoms. The van der Waals surface area contributed by atoms with Crippen LogP contribution in [0.15, 0.2) is 30.3 Å². The Morgan fingerprint density at radius 2 is 1.80 bits per heavy atom. The molecule has 82 valence electrons. The second-order valence-corrected chi connectivity index (χ2v) is 4.34. The highest BCUT2D eigenvalue weighted by atomic mass is 16.2. The number of carbonyl (C=O) groups is 1. The van der Waals surface area contributed by atoms with Crippen molar-refractivity contribution in [3.63, 3.8) is 0 Å². The summed E-state index contributed by atoms with van der Waals surface area (Å²) < 4.78 is 0. The van der Waals surface area contributed by atoms with Crippen molar-refractivity contribution in [1.29, 1.82) is 0 Å². The molecule has 1 rings (SSSR count). The number of para-hydroxylation sites is 1. The molecule has 0 saturated carbocycles. The summed E-state index contributed by atoms with van der Waals surface area (Å²) in [6.45, 7) is 5.62. The third-order valence-electron chi connectivity index (χ3n) is 1.97. The van der Waals surface area contributed by atoms with E-state index in [1.165, 1.54) is 5.01 Å². The smallest absolute Gasteiger partial charge is 0.307 e. The Kier molecular flexibility index (Phi) is 3.31. The van der Waals surface area contributed by atoms with Crippen LogP contribution in [0.2, 0.25) is 0 Å². The van der Waals surface area contributed by atoms with E-state index in [4.69, 9.17) is 5.84 Å². The molecule has 1 aromatic carbocycles. The maximum absolute atomic E-state index is 11.6. The van der Waals surface area contributed by atoms with Gasteiger partial charge in [-0.25, -0.2) is 10.6 Å². The number of hydrogen-bond donors (Lipinski definition) is 2. The summed E-state index contributed by atoms with van der Waals surface area (Å²) in [6, 6.07) is 8.91. The van der Waals surface area contributed by atoms with E-state index in [-0.39, 0.29) is 6.03 Å². The molecule has 0 aliphatic carbocycles. The van der Waals surface area contributed by atoms with Crippen LogP contribution in [0.5, 0.6) is 0 Å². The minimum absolute atomic E-state index is 0.311. The van der Waals surface area contributed by atoms with Gasteiger partial charge < -0.3 is 5.32 Å². The highest BCUT2D eigenvalue weighted by Crippen LogP contribution is 2.11. The summed E-state index contributed by atoms with van der Waals surface area (Å²) in [7, 11) is 0. The number of hydrazine groups is 1. The Bertz CT molecular complexity index is 329. The fourth-order valence-corrected chi connectivity index (χ4v) is 1.01. The van der Waals surface area contributed by atoms with Gasteiger partial charge in [-0.2, -0.15) is 0 Å². The summed E-state index contributed by atoms with van der Waals surface area (Å²) in [5, 5.41) is 3.89. The van der Waals surface area contributed by atoms with Crippen LogP contribution in [0, 0.1) is 0 Å². The minimum atomic E-state index is -0.390. The number of benzene rings is 1. The quantitative estimate of drug-likeness (QED) is 0.421. The van der Waals surface area contributed by atoms with Gasteiger partial charge >= 0.3 is 6.03 Å². The average Bonchev–Trinajstić information content (AvgIpc) is 2.16. The van der Waals surface area contributed by atoms with Crippen molar-refractivity contribution in [3.8, 4) is 0 Å². The van der Waals surface area contributed by atoms with E-state index >= 15 is 0 Å². The van der Waals surface area contributed by atoms with E-state index in [0.29, 0.717) is 0 Å². The summed E-state index contributed by atoms with van der Waals surface area (Å²) >= 11 is 0. The molecular weight excluding hydrogens is 190 g/mol. The van der Waals surface area contributed by atoms with Crippen LogP contribution < -0.4 is 11.2 Å². The number of carbonyl (C=O) groups excluding carboxylic acids is 1. The zero-order valence-electron chi connectivity index (χ0n) is 9.32. The topological polar surface area (TPSA) is 58.4 Å². The maximum Gasteiger partial charge on any atom is 0.336 e. The van der Waals surface area contributed by atoms with Gasteiger partial charge in [0.25, 0.3) is 0 Å².